The molecule has 0 saturated heterocycles. The van der Waals surface area contributed by atoms with Crippen LogP contribution in [0.15, 0.2) is 48.5 Å². The van der Waals surface area contributed by atoms with E-state index >= 15 is 0 Å². The van der Waals surface area contributed by atoms with Crippen molar-refractivity contribution in [1.82, 2.24) is 10.9 Å². The van der Waals surface area contributed by atoms with Crippen molar-refractivity contribution >= 4 is 40.7 Å². The number of amides is 1. The normalized spacial score (nSPS) is 11.5. The Morgan fingerprint density at radius 1 is 1.11 bits per heavy atom. The second kappa shape index (κ2) is 10.9. The lowest BCUT2D eigenvalue weighted by Gasteiger charge is -2.13. The summed E-state index contributed by atoms with van der Waals surface area (Å²) < 4.78 is 0. The molecular formula is C21H27N3OS2. The van der Waals surface area contributed by atoms with E-state index in [2.05, 4.69) is 61.2 Å². The minimum atomic E-state index is -0.107. The molecule has 0 aliphatic rings. The molecule has 0 aromatic heterocycles. The van der Waals surface area contributed by atoms with Gasteiger partial charge in [0.2, 0.25) is 5.91 Å². The first-order valence-corrected chi connectivity index (χ1v) is 10.6. The van der Waals surface area contributed by atoms with Gasteiger partial charge in [0.15, 0.2) is 5.11 Å². The zero-order valence-electron chi connectivity index (χ0n) is 16.0. The predicted molar refractivity (Wildman–Crippen MR) is 120 cm³/mol. The van der Waals surface area contributed by atoms with E-state index in [4.69, 9.17) is 12.2 Å². The van der Waals surface area contributed by atoms with Crippen LogP contribution in [-0.2, 0) is 10.5 Å². The predicted octanol–water partition coefficient (Wildman–Crippen LogP) is 4.76. The molecule has 2 rings (SSSR count). The second-order valence-corrected chi connectivity index (χ2v) is 7.87. The fraction of sp³-hybridized carbons (Fsp3) is 0.333. The summed E-state index contributed by atoms with van der Waals surface area (Å²) in [5, 5.41) is 3.43. The Labute approximate surface area is 171 Å². The highest BCUT2D eigenvalue weighted by molar-refractivity contribution is 7.99. The smallest absolute Gasteiger partial charge is 0.248 e. The van der Waals surface area contributed by atoms with Gasteiger partial charge in [-0.1, -0.05) is 50.2 Å². The average Bonchev–Trinajstić information content (AvgIpc) is 2.68. The van der Waals surface area contributed by atoms with Crippen molar-refractivity contribution < 1.29 is 4.79 Å². The van der Waals surface area contributed by atoms with Crippen LogP contribution in [0.3, 0.4) is 0 Å². The maximum absolute atomic E-state index is 11.9. The summed E-state index contributed by atoms with van der Waals surface area (Å²) in [6.07, 6.45) is 1.11. The van der Waals surface area contributed by atoms with Crippen LogP contribution < -0.4 is 16.2 Å². The molecule has 4 nitrogen and oxygen atoms in total. The summed E-state index contributed by atoms with van der Waals surface area (Å²) in [5.41, 5.74) is 10.1. The van der Waals surface area contributed by atoms with E-state index in [9.17, 15) is 4.79 Å². The van der Waals surface area contributed by atoms with Gasteiger partial charge in [-0.2, -0.15) is 0 Å². The second-order valence-electron chi connectivity index (χ2n) is 6.48. The minimum Gasteiger partial charge on any atom is -0.331 e. The van der Waals surface area contributed by atoms with E-state index in [1.807, 2.05) is 24.3 Å². The van der Waals surface area contributed by atoms with E-state index in [1.165, 1.54) is 16.7 Å². The van der Waals surface area contributed by atoms with Gasteiger partial charge < -0.3 is 5.32 Å². The average molecular weight is 402 g/mol. The van der Waals surface area contributed by atoms with Gasteiger partial charge in [-0.05, 0) is 60.3 Å². The van der Waals surface area contributed by atoms with Crippen molar-refractivity contribution in [3.05, 3.63) is 65.2 Å². The third-order valence-electron chi connectivity index (χ3n) is 4.42. The van der Waals surface area contributed by atoms with E-state index in [0.29, 0.717) is 16.8 Å². The Morgan fingerprint density at radius 2 is 1.81 bits per heavy atom. The Morgan fingerprint density at radius 3 is 2.48 bits per heavy atom. The number of thioether (sulfide) groups is 1. The highest BCUT2D eigenvalue weighted by Crippen LogP contribution is 2.20. The quantitative estimate of drug-likeness (QED) is 0.461. The zero-order chi connectivity index (χ0) is 19.6. The number of carbonyl (C=O) groups is 1. The molecule has 2 aromatic rings. The van der Waals surface area contributed by atoms with Crippen LogP contribution in [0.4, 0.5) is 5.69 Å². The van der Waals surface area contributed by atoms with Gasteiger partial charge in [-0.15, -0.1) is 11.8 Å². The number of aryl methyl sites for hydroxylation is 1. The Balaban J connectivity index is 1.68. The molecule has 0 fully saturated rings. The van der Waals surface area contributed by atoms with Crippen LogP contribution in [0.5, 0.6) is 0 Å². The van der Waals surface area contributed by atoms with E-state index in [1.54, 1.807) is 11.8 Å². The molecule has 27 heavy (non-hydrogen) atoms. The molecular weight excluding hydrogens is 374 g/mol. The van der Waals surface area contributed by atoms with Crippen LogP contribution in [0, 0.1) is 6.92 Å². The summed E-state index contributed by atoms with van der Waals surface area (Å²) in [6.45, 7) is 6.47. The maximum Gasteiger partial charge on any atom is 0.248 e. The van der Waals surface area contributed by atoms with E-state index in [-0.39, 0.29) is 5.91 Å². The molecule has 2 aromatic carbocycles. The molecule has 0 radical (unpaired) electrons. The molecule has 0 aliphatic carbocycles. The molecule has 0 aliphatic heterocycles. The molecule has 1 amide bonds. The zero-order valence-corrected chi connectivity index (χ0v) is 17.7. The van der Waals surface area contributed by atoms with Gasteiger partial charge in [-0.25, -0.2) is 0 Å². The van der Waals surface area contributed by atoms with Crippen molar-refractivity contribution in [3.8, 4) is 0 Å². The number of carbonyl (C=O) groups excluding carboxylic acids is 1. The Bertz CT molecular complexity index is 762. The molecule has 144 valence electrons. The number of anilines is 1. The number of nitrogens with one attached hydrogen (secondary N) is 3. The van der Waals surface area contributed by atoms with Gasteiger partial charge in [0.25, 0.3) is 0 Å². The number of hydrogen-bond acceptors (Lipinski definition) is 3. The molecule has 0 heterocycles. The number of hydrazine groups is 1. The van der Waals surface area contributed by atoms with Crippen molar-refractivity contribution in [3.63, 3.8) is 0 Å². The first-order valence-electron chi connectivity index (χ1n) is 9.07. The molecule has 0 saturated carbocycles. The monoisotopic (exact) mass is 401 g/mol. The lowest BCUT2D eigenvalue weighted by Crippen LogP contribution is -2.44. The summed E-state index contributed by atoms with van der Waals surface area (Å²) >= 11 is 6.80. The molecule has 6 heteroatoms. The van der Waals surface area contributed by atoms with Crippen molar-refractivity contribution in [2.45, 2.75) is 38.9 Å². The van der Waals surface area contributed by atoms with E-state index in [0.717, 1.165) is 17.9 Å². The molecule has 0 spiro atoms. The molecule has 1 atom stereocenters. The summed E-state index contributed by atoms with van der Waals surface area (Å²) in [4.78, 5) is 11.9. The van der Waals surface area contributed by atoms with Gasteiger partial charge >= 0.3 is 0 Å². The number of rotatable bonds is 7. The number of benzene rings is 2. The number of thiocarbonyl (C=S) groups is 1. The molecule has 3 N–H and O–H groups in total. The highest BCUT2D eigenvalue weighted by Gasteiger charge is 2.05. The standard InChI is InChI=1S/C21H27N3OS2/c1-4-15(2)17-9-11-19(12-10-17)22-21(26)24-23-20(25)14-27-13-18-8-6-5-7-16(18)3/h5-12,15H,4,13-14H2,1-3H3,(H,23,25)(H2,22,24,26)/t15-/m0/s1. The lowest BCUT2D eigenvalue weighted by atomic mass is 9.99. The SMILES string of the molecule is CC[C@H](C)c1ccc(NC(=S)NNC(=O)CSCc2ccccc2C)cc1. The maximum atomic E-state index is 11.9. The minimum absolute atomic E-state index is 0.107. The summed E-state index contributed by atoms with van der Waals surface area (Å²) in [5.74, 6) is 1.62. The third-order valence-corrected chi connectivity index (χ3v) is 5.60. The lowest BCUT2D eigenvalue weighted by molar-refractivity contribution is -0.119. The van der Waals surface area contributed by atoms with Crippen molar-refractivity contribution in [2.24, 2.45) is 0 Å². The van der Waals surface area contributed by atoms with Crippen LogP contribution in [0.1, 0.15) is 42.9 Å². The highest BCUT2D eigenvalue weighted by atomic mass is 32.2. The fourth-order valence-electron chi connectivity index (χ4n) is 2.48. The third kappa shape index (κ3) is 7.23. The van der Waals surface area contributed by atoms with Gasteiger partial charge in [0, 0.05) is 11.4 Å². The van der Waals surface area contributed by atoms with Crippen LogP contribution in [-0.4, -0.2) is 16.8 Å². The summed E-state index contributed by atoms with van der Waals surface area (Å²) in [6, 6.07) is 16.4. The van der Waals surface area contributed by atoms with Gasteiger partial charge in [0.1, 0.15) is 0 Å². The molecule has 0 unspecified atom stereocenters. The fourth-order valence-corrected chi connectivity index (χ4v) is 3.55. The van der Waals surface area contributed by atoms with Gasteiger partial charge in [-0.3, -0.25) is 15.6 Å². The van der Waals surface area contributed by atoms with Crippen LogP contribution in [0.25, 0.3) is 0 Å². The first kappa shape index (κ1) is 21.3. The van der Waals surface area contributed by atoms with Gasteiger partial charge in [0.05, 0.1) is 5.75 Å². The topological polar surface area (TPSA) is 53.2 Å². The Kier molecular flexibility index (Phi) is 8.61. The van der Waals surface area contributed by atoms with E-state index < -0.39 is 0 Å². The van der Waals surface area contributed by atoms with Crippen LogP contribution >= 0.6 is 24.0 Å². The molecule has 0 bridgehead atoms. The largest absolute Gasteiger partial charge is 0.331 e. The summed E-state index contributed by atoms with van der Waals surface area (Å²) in [7, 11) is 0. The van der Waals surface area contributed by atoms with Crippen molar-refractivity contribution in [2.75, 3.05) is 11.1 Å². The first-order chi connectivity index (χ1) is 13.0. The number of hydrogen-bond donors (Lipinski definition) is 3. The Hall–Kier alpha value is -2.05. The van der Waals surface area contributed by atoms with Crippen molar-refractivity contribution in [1.29, 1.82) is 0 Å². The van der Waals surface area contributed by atoms with Crippen LogP contribution in [0.2, 0.25) is 0 Å².